The fourth-order valence-electron chi connectivity index (χ4n) is 3.33. The molecule has 1 aliphatic heterocycles. The lowest BCUT2D eigenvalue weighted by Gasteiger charge is -2.25. The lowest BCUT2D eigenvalue weighted by atomic mass is 10.0. The molecular formula is C20H22N2. The van der Waals surface area contributed by atoms with Gasteiger partial charge in [-0.3, -0.25) is 0 Å². The average Bonchev–Trinajstić information content (AvgIpc) is 2.99. The maximum Gasteiger partial charge on any atom is 0.0643 e. The van der Waals surface area contributed by atoms with Gasteiger partial charge in [-0.2, -0.15) is 5.26 Å². The van der Waals surface area contributed by atoms with E-state index >= 15 is 0 Å². The number of benzene rings is 2. The number of hydrogen-bond acceptors (Lipinski definition) is 2. The molecule has 2 heteroatoms. The summed E-state index contributed by atoms with van der Waals surface area (Å²) < 4.78 is 0. The zero-order valence-corrected chi connectivity index (χ0v) is 13.1. The molecule has 0 N–H and O–H groups in total. The van der Waals surface area contributed by atoms with Gasteiger partial charge in [-0.15, -0.1) is 0 Å². The second-order valence-corrected chi connectivity index (χ2v) is 6.12. The number of nitriles is 1. The van der Waals surface area contributed by atoms with E-state index in [1.807, 2.05) is 0 Å². The van der Waals surface area contributed by atoms with Crippen LogP contribution in [0.15, 0.2) is 48.5 Å². The van der Waals surface area contributed by atoms with E-state index in [9.17, 15) is 0 Å². The zero-order chi connectivity index (χ0) is 15.4. The topological polar surface area (TPSA) is 27.0 Å². The van der Waals surface area contributed by atoms with Crippen LogP contribution < -0.4 is 4.90 Å². The average molecular weight is 290 g/mol. The molecule has 0 radical (unpaired) electrons. The van der Waals surface area contributed by atoms with Crippen molar-refractivity contribution in [3.05, 3.63) is 65.2 Å². The third kappa shape index (κ3) is 3.14. The monoisotopic (exact) mass is 290 g/mol. The number of rotatable bonds is 4. The second-order valence-electron chi connectivity index (χ2n) is 6.12. The predicted molar refractivity (Wildman–Crippen MR) is 91.0 cm³/mol. The summed E-state index contributed by atoms with van der Waals surface area (Å²) in [5.74, 6) is 0. The van der Waals surface area contributed by atoms with Crippen molar-refractivity contribution >= 4 is 5.69 Å². The Morgan fingerprint density at radius 1 is 1.14 bits per heavy atom. The molecule has 0 bridgehead atoms. The van der Waals surface area contributed by atoms with E-state index in [0.717, 1.165) is 19.4 Å². The van der Waals surface area contributed by atoms with E-state index in [-0.39, 0.29) is 0 Å². The number of anilines is 1. The normalized spacial score (nSPS) is 17.5. The second kappa shape index (κ2) is 6.66. The van der Waals surface area contributed by atoms with Crippen molar-refractivity contribution < 1.29 is 0 Å². The van der Waals surface area contributed by atoms with Crippen LogP contribution in [0.2, 0.25) is 0 Å². The van der Waals surface area contributed by atoms with Gasteiger partial charge in [-0.25, -0.2) is 0 Å². The summed E-state index contributed by atoms with van der Waals surface area (Å²) in [5.41, 5.74) is 5.33. The highest BCUT2D eigenvalue weighted by Crippen LogP contribution is 2.27. The van der Waals surface area contributed by atoms with Crippen LogP contribution >= 0.6 is 0 Å². The first-order valence-electron chi connectivity index (χ1n) is 8.05. The Hall–Kier alpha value is -2.27. The van der Waals surface area contributed by atoms with E-state index < -0.39 is 0 Å². The van der Waals surface area contributed by atoms with Gasteiger partial charge in [0.15, 0.2) is 0 Å². The SMILES string of the molecule is Cc1ccccc1Cc1ccc(N2CCC[C@H]2CC#N)cc1. The van der Waals surface area contributed by atoms with Crippen LogP contribution in [0.1, 0.15) is 36.0 Å². The predicted octanol–water partition coefficient (Wildman–Crippen LogP) is 4.47. The molecule has 1 aliphatic rings. The van der Waals surface area contributed by atoms with Crippen LogP contribution in [0.5, 0.6) is 0 Å². The van der Waals surface area contributed by atoms with Gasteiger partial charge in [0.1, 0.15) is 0 Å². The smallest absolute Gasteiger partial charge is 0.0643 e. The van der Waals surface area contributed by atoms with E-state index in [4.69, 9.17) is 5.26 Å². The molecule has 0 amide bonds. The molecule has 2 aromatic carbocycles. The van der Waals surface area contributed by atoms with Gasteiger partial charge in [0.25, 0.3) is 0 Å². The molecule has 0 unspecified atom stereocenters. The molecule has 2 aromatic rings. The Kier molecular flexibility index (Phi) is 4.44. The summed E-state index contributed by atoms with van der Waals surface area (Å²) in [6, 6.07) is 20.1. The quantitative estimate of drug-likeness (QED) is 0.830. The standard InChI is InChI=1S/C20H22N2/c1-16-5-2-3-6-18(16)15-17-8-10-20(11-9-17)22-14-4-7-19(22)12-13-21/h2-3,5-6,8-11,19H,4,7,12,14-15H2,1H3/t19-/m0/s1. The van der Waals surface area contributed by atoms with Gasteiger partial charge in [0, 0.05) is 18.3 Å². The van der Waals surface area contributed by atoms with Gasteiger partial charge in [0.2, 0.25) is 0 Å². The third-order valence-corrected chi connectivity index (χ3v) is 4.63. The number of nitrogens with zero attached hydrogens (tertiary/aromatic N) is 2. The van der Waals surface area contributed by atoms with Crippen molar-refractivity contribution in [1.82, 2.24) is 0 Å². The molecule has 0 aromatic heterocycles. The van der Waals surface area contributed by atoms with E-state index in [2.05, 4.69) is 66.4 Å². The molecule has 0 aliphatic carbocycles. The van der Waals surface area contributed by atoms with Gasteiger partial charge < -0.3 is 4.90 Å². The van der Waals surface area contributed by atoms with Crippen LogP contribution in [0.3, 0.4) is 0 Å². The maximum absolute atomic E-state index is 8.95. The molecule has 22 heavy (non-hydrogen) atoms. The highest BCUT2D eigenvalue weighted by atomic mass is 15.2. The molecule has 1 heterocycles. The highest BCUT2D eigenvalue weighted by molar-refractivity contribution is 5.50. The van der Waals surface area contributed by atoms with E-state index in [1.165, 1.54) is 28.8 Å². The summed E-state index contributed by atoms with van der Waals surface area (Å²) in [7, 11) is 0. The molecule has 1 saturated heterocycles. The van der Waals surface area contributed by atoms with Crippen LogP contribution in [-0.4, -0.2) is 12.6 Å². The molecule has 1 atom stereocenters. The summed E-state index contributed by atoms with van der Waals surface area (Å²) in [6.45, 7) is 3.24. The van der Waals surface area contributed by atoms with Crippen molar-refractivity contribution in [2.24, 2.45) is 0 Å². The van der Waals surface area contributed by atoms with Crippen molar-refractivity contribution in [3.8, 4) is 6.07 Å². The van der Waals surface area contributed by atoms with Crippen molar-refractivity contribution in [1.29, 1.82) is 5.26 Å². The van der Waals surface area contributed by atoms with Crippen LogP contribution in [-0.2, 0) is 6.42 Å². The minimum Gasteiger partial charge on any atom is -0.368 e. The van der Waals surface area contributed by atoms with Crippen LogP contribution in [0.4, 0.5) is 5.69 Å². The largest absolute Gasteiger partial charge is 0.368 e. The Balaban J connectivity index is 1.73. The lowest BCUT2D eigenvalue weighted by molar-refractivity contribution is 0.683. The first-order valence-corrected chi connectivity index (χ1v) is 8.05. The Morgan fingerprint density at radius 3 is 2.64 bits per heavy atom. The zero-order valence-electron chi connectivity index (χ0n) is 13.1. The van der Waals surface area contributed by atoms with E-state index in [1.54, 1.807) is 0 Å². The van der Waals surface area contributed by atoms with Crippen LogP contribution in [0.25, 0.3) is 0 Å². The van der Waals surface area contributed by atoms with Gasteiger partial charge >= 0.3 is 0 Å². The van der Waals surface area contributed by atoms with Crippen LogP contribution in [0, 0.1) is 18.3 Å². The summed E-state index contributed by atoms with van der Waals surface area (Å²) in [4.78, 5) is 2.39. The number of aryl methyl sites for hydroxylation is 1. The summed E-state index contributed by atoms with van der Waals surface area (Å²) >= 11 is 0. The lowest BCUT2D eigenvalue weighted by Crippen LogP contribution is -2.28. The maximum atomic E-state index is 8.95. The Bertz CT molecular complexity index is 667. The summed E-state index contributed by atoms with van der Waals surface area (Å²) in [6.07, 6.45) is 3.94. The fraction of sp³-hybridized carbons (Fsp3) is 0.350. The molecular weight excluding hydrogens is 268 g/mol. The first-order chi connectivity index (χ1) is 10.8. The highest BCUT2D eigenvalue weighted by Gasteiger charge is 2.24. The molecule has 2 nitrogen and oxygen atoms in total. The fourth-order valence-corrected chi connectivity index (χ4v) is 3.33. The summed E-state index contributed by atoms with van der Waals surface area (Å²) in [5, 5.41) is 8.95. The van der Waals surface area contributed by atoms with Crippen molar-refractivity contribution in [2.45, 2.75) is 38.6 Å². The number of hydrogen-bond donors (Lipinski definition) is 0. The van der Waals surface area contributed by atoms with E-state index in [0.29, 0.717) is 12.5 Å². The van der Waals surface area contributed by atoms with Gasteiger partial charge in [0.05, 0.1) is 12.5 Å². The Labute approximate surface area is 133 Å². The molecule has 0 saturated carbocycles. The molecule has 112 valence electrons. The van der Waals surface area contributed by atoms with Gasteiger partial charge in [-0.1, -0.05) is 36.4 Å². The van der Waals surface area contributed by atoms with Gasteiger partial charge in [-0.05, 0) is 55.0 Å². The third-order valence-electron chi connectivity index (χ3n) is 4.63. The first kappa shape index (κ1) is 14.7. The van der Waals surface area contributed by atoms with Crippen molar-refractivity contribution in [2.75, 3.05) is 11.4 Å². The molecule has 0 spiro atoms. The molecule has 1 fully saturated rings. The minimum atomic E-state index is 0.396. The minimum absolute atomic E-state index is 0.396. The van der Waals surface area contributed by atoms with Crippen molar-refractivity contribution in [3.63, 3.8) is 0 Å². The Morgan fingerprint density at radius 2 is 1.91 bits per heavy atom. The molecule has 3 rings (SSSR count).